The normalized spacial score (nSPS) is 16.8. The Hall–Kier alpha value is -1.60. The second-order valence-electron chi connectivity index (χ2n) is 4.86. The van der Waals surface area contributed by atoms with Gasteiger partial charge in [-0.05, 0) is 27.3 Å². The number of urea groups is 1. The lowest BCUT2D eigenvalue weighted by Crippen LogP contribution is -2.46. The van der Waals surface area contributed by atoms with E-state index < -0.39 is 5.97 Å². The van der Waals surface area contributed by atoms with E-state index in [1.807, 2.05) is 11.9 Å². The van der Waals surface area contributed by atoms with Crippen molar-refractivity contribution in [1.29, 1.82) is 0 Å². The fraction of sp³-hybridized carbons (Fsp3) is 0.692. The summed E-state index contributed by atoms with van der Waals surface area (Å²) in [5.41, 5.74) is 0.996. The average Bonchev–Trinajstić information content (AvgIpc) is 2.36. The molecule has 0 aromatic rings. The number of hydrogen-bond acceptors (Lipinski definition) is 5. The lowest BCUT2D eigenvalue weighted by Gasteiger charge is -2.25. The second kappa shape index (κ2) is 7.86. The maximum Gasteiger partial charge on any atom is 0.337 e. The SMILES string of the molecule is CCOC(=O)C1=C(CN(C)CCC(C)O)NC(=O)NC1. The van der Waals surface area contributed by atoms with Gasteiger partial charge in [-0.2, -0.15) is 0 Å². The first-order valence-electron chi connectivity index (χ1n) is 6.74. The number of ether oxygens (including phenoxy) is 1. The number of likely N-dealkylation sites (N-methyl/N-ethyl adjacent to an activating group) is 1. The molecule has 1 aliphatic heterocycles. The van der Waals surface area contributed by atoms with Gasteiger partial charge in [0.15, 0.2) is 0 Å². The van der Waals surface area contributed by atoms with Crippen molar-refractivity contribution in [3.8, 4) is 0 Å². The van der Waals surface area contributed by atoms with Gasteiger partial charge in [0.25, 0.3) is 0 Å². The van der Waals surface area contributed by atoms with E-state index in [1.54, 1.807) is 13.8 Å². The van der Waals surface area contributed by atoms with Crippen LogP contribution in [0.15, 0.2) is 11.3 Å². The highest BCUT2D eigenvalue weighted by Crippen LogP contribution is 2.09. The number of esters is 1. The van der Waals surface area contributed by atoms with E-state index in [9.17, 15) is 14.7 Å². The van der Waals surface area contributed by atoms with E-state index in [1.165, 1.54) is 0 Å². The van der Waals surface area contributed by atoms with Crippen LogP contribution in [0.1, 0.15) is 20.3 Å². The zero-order chi connectivity index (χ0) is 15.1. The largest absolute Gasteiger partial charge is 0.463 e. The molecule has 114 valence electrons. The van der Waals surface area contributed by atoms with Crippen LogP contribution >= 0.6 is 0 Å². The summed E-state index contributed by atoms with van der Waals surface area (Å²) in [6.07, 6.45) is 0.253. The topological polar surface area (TPSA) is 90.9 Å². The molecule has 1 aliphatic rings. The molecule has 1 unspecified atom stereocenters. The molecular formula is C13H23N3O4. The van der Waals surface area contributed by atoms with Crippen molar-refractivity contribution in [3.05, 3.63) is 11.3 Å². The molecule has 20 heavy (non-hydrogen) atoms. The van der Waals surface area contributed by atoms with Gasteiger partial charge in [0, 0.05) is 18.8 Å². The molecule has 1 atom stereocenters. The van der Waals surface area contributed by atoms with E-state index in [0.717, 1.165) is 0 Å². The number of nitrogens with zero attached hydrogens (tertiary/aromatic N) is 1. The van der Waals surface area contributed by atoms with Crippen molar-refractivity contribution < 1.29 is 19.4 Å². The van der Waals surface area contributed by atoms with Crippen LogP contribution in [0.2, 0.25) is 0 Å². The first-order valence-corrected chi connectivity index (χ1v) is 6.74. The summed E-state index contributed by atoms with van der Waals surface area (Å²) in [5.74, 6) is -0.418. The van der Waals surface area contributed by atoms with Crippen molar-refractivity contribution in [2.75, 3.05) is 33.3 Å². The maximum absolute atomic E-state index is 11.8. The molecule has 0 spiro atoms. The smallest absolute Gasteiger partial charge is 0.337 e. The minimum absolute atomic E-state index is 0.171. The maximum atomic E-state index is 11.8. The number of carbonyl (C=O) groups excluding carboxylic acids is 2. The van der Waals surface area contributed by atoms with Crippen LogP contribution in [0, 0.1) is 0 Å². The Morgan fingerprint density at radius 3 is 2.85 bits per heavy atom. The molecule has 0 bridgehead atoms. The highest BCUT2D eigenvalue weighted by atomic mass is 16.5. The number of hydrogen-bond donors (Lipinski definition) is 3. The zero-order valence-corrected chi connectivity index (χ0v) is 12.2. The number of amides is 2. The third-order valence-corrected chi connectivity index (χ3v) is 2.93. The Kier molecular flexibility index (Phi) is 6.47. The first-order chi connectivity index (χ1) is 9.43. The van der Waals surface area contributed by atoms with Gasteiger partial charge in [-0.3, -0.25) is 0 Å². The Morgan fingerprint density at radius 1 is 1.55 bits per heavy atom. The number of aliphatic hydroxyl groups excluding tert-OH is 1. The van der Waals surface area contributed by atoms with Crippen molar-refractivity contribution in [3.63, 3.8) is 0 Å². The summed E-state index contributed by atoms with van der Waals surface area (Å²) >= 11 is 0. The number of rotatable bonds is 7. The number of aliphatic hydroxyl groups is 1. The molecule has 1 rings (SSSR count). The summed E-state index contributed by atoms with van der Waals surface area (Å²) in [6, 6.07) is -0.322. The van der Waals surface area contributed by atoms with E-state index in [4.69, 9.17) is 4.74 Å². The van der Waals surface area contributed by atoms with Crippen LogP contribution in [-0.4, -0.2) is 61.4 Å². The number of carbonyl (C=O) groups is 2. The van der Waals surface area contributed by atoms with E-state index >= 15 is 0 Å². The summed E-state index contributed by atoms with van der Waals surface area (Å²) in [6.45, 7) is 5.02. The third-order valence-electron chi connectivity index (χ3n) is 2.93. The van der Waals surface area contributed by atoms with Gasteiger partial charge in [-0.25, -0.2) is 9.59 Å². The molecule has 3 N–H and O–H groups in total. The minimum Gasteiger partial charge on any atom is -0.463 e. The fourth-order valence-electron chi connectivity index (χ4n) is 1.84. The molecule has 0 saturated heterocycles. The van der Waals surface area contributed by atoms with Gasteiger partial charge in [-0.1, -0.05) is 0 Å². The van der Waals surface area contributed by atoms with Gasteiger partial charge in [0.05, 0.1) is 24.8 Å². The molecule has 0 fully saturated rings. The highest BCUT2D eigenvalue weighted by Gasteiger charge is 2.24. The average molecular weight is 285 g/mol. The fourth-order valence-corrected chi connectivity index (χ4v) is 1.84. The highest BCUT2D eigenvalue weighted by molar-refractivity contribution is 5.93. The standard InChI is InChI=1S/C13H23N3O4/c1-4-20-12(18)10-7-14-13(19)15-11(10)8-16(3)6-5-9(2)17/h9,17H,4-8H2,1-3H3,(H2,14,15,19). The molecule has 7 nitrogen and oxygen atoms in total. The molecule has 0 aromatic carbocycles. The van der Waals surface area contributed by atoms with Crippen molar-refractivity contribution in [2.45, 2.75) is 26.4 Å². The van der Waals surface area contributed by atoms with Crippen LogP contribution in [-0.2, 0) is 9.53 Å². The van der Waals surface area contributed by atoms with Gasteiger partial charge >= 0.3 is 12.0 Å². The van der Waals surface area contributed by atoms with E-state index in [-0.39, 0.29) is 18.7 Å². The van der Waals surface area contributed by atoms with Gasteiger partial charge in [0.1, 0.15) is 0 Å². The van der Waals surface area contributed by atoms with Crippen molar-refractivity contribution in [2.24, 2.45) is 0 Å². The summed E-state index contributed by atoms with van der Waals surface area (Å²) in [4.78, 5) is 25.2. The summed E-state index contributed by atoms with van der Waals surface area (Å²) in [5, 5.41) is 14.5. The van der Waals surface area contributed by atoms with Gasteiger partial charge < -0.3 is 25.4 Å². The van der Waals surface area contributed by atoms with Gasteiger partial charge in [-0.15, -0.1) is 0 Å². The van der Waals surface area contributed by atoms with E-state index in [2.05, 4.69) is 10.6 Å². The second-order valence-corrected chi connectivity index (χ2v) is 4.86. The third kappa shape index (κ3) is 5.18. The summed E-state index contributed by atoms with van der Waals surface area (Å²) in [7, 11) is 1.87. The van der Waals surface area contributed by atoms with Crippen LogP contribution in [0.4, 0.5) is 4.79 Å². The van der Waals surface area contributed by atoms with Gasteiger partial charge in [0.2, 0.25) is 0 Å². The van der Waals surface area contributed by atoms with Crippen LogP contribution in [0.5, 0.6) is 0 Å². The minimum atomic E-state index is -0.418. The predicted octanol–water partition coefficient (Wildman–Crippen LogP) is -0.181. The molecule has 7 heteroatoms. The molecule has 2 amide bonds. The first kappa shape index (κ1) is 16.5. The lowest BCUT2D eigenvalue weighted by atomic mass is 10.1. The quantitative estimate of drug-likeness (QED) is 0.564. The molecule has 0 aromatic heterocycles. The zero-order valence-electron chi connectivity index (χ0n) is 12.2. The van der Waals surface area contributed by atoms with E-state index in [0.29, 0.717) is 37.4 Å². The van der Waals surface area contributed by atoms with Crippen LogP contribution in [0.3, 0.4) is 0 Å². The van der Waals surface area contributed by atoms with Crippen molar-refractivity contribution in [1.82, 2.24) is 15.5 Å². The molecular weight excluding hydrogens is 262 g/mol. The van der Waals surface area contributed by atoms with Crippen LogP contribution < -0.4 is 10.6 Å². The Labute approximate surface area is 119 Å². The van der Waals surface area contributed by atoms with Crippen LogP contribution in [0.25, 0.3) is 0 Å². The molecule has 1 heterocycles. The Balaban J connectivity index is 2.72. The Bertz CT molecular complexity index is 393. The van der Waals surface area contributed by atoms with Crippen molar-refractivity contribution >= 4 is 12.0 Å². The molecule has 0 radical (unpaired) electrons. The molecule has 0 saturated carbocycles. The molecule has 0 aliphatic carbocycles. The Morgan fingerprint density at radius 2 is 2.25 bits per heavy atom. The summed E-state index contributed by atoms with van der Waals surface area (Å²) < 4.78 is 4.98. The monoisotopic (exact) mass is 285 g/mol. The lowest BCUT2D eigenvalue weighted by molar-refractivity contribution is -0.138. The number of nitrogens with one attached hydrogen (secondary N) is 2. The predicted molar refractivity (Wildman–Crippen MR) is 74.0 cm³/mol.